The summed E-state index contributed by atoms with van der Waals surface area (Å²) < 4.78 is 0. The van der Waals surface area contributed by atoms with Crippen LogP contribution in [-0.4, -0.2) is 6.72 Å². The van der Waals surface area contributed by atoms with Crippen molar-refractivity contribution in [1.82, 2.24) is 0 Å². The lowest BCUT2D eigenvalue weighted by atomic mass is 10.0. The van der Waals surface area contributed by atoms with Crippen molar-refractivity contribution in [3.63, 3.8) is 0 Å². The second-order valence-corrected chi connectivity index (χ2v) is 2.84. The molecule has 0 fully saturated rings. The number of hydrogen-bond acceptors (Lipinski definition) is 1. The third-order valence-corrected chi connectivity index (χ3v) is 1.80. The number of benzene rings is 1. The van der Waals surface area contributed by atoms with Crippen LogP contribution in [0.4, 0.5) is 0 Å². The minimum atomic E-state index is 0.999. The van der Waals surface area contributed by atoms with E-state index in [-0.39, 0.29) is 0 Å². The maximum absolute atomic E-state index is 3.73. The van der Waals surface area contributed by atoms with Gasteiger partial charge in [-0.05, 0) is 24.8 Å². The molecule has 13 heavy (non-hydrogen) atoms. The van der Waals surface area contributed by atoms with Gasteiger partial charge in [-0.2, -0.15) is 0 Å². The van der Waals surface area contributed by atoms with Crippen LogP contribution in [0.3, 0.4) is 0 Å². The lowest BCUT2D eigenvalue weighted by Crippen LogP contribution is -1.81. The van der Waals surface area contributed by atoms with Crippen molar-refractivity contribution in [1.29, 1.82) is 0 Å². The summed E-state index contributed by atoms with van der Waals surface area (Å²) in [5.74, 6) is 0. The Balaban J connectivity index is 3.12. The van der Waals surface area contributed by atoms with Gasteiger partial charge in [-0.1, -0.05) is 42.5 Å². The van der Waals surface area contributed by atoms with Crippen LogP contribution >= 0.6 is 0 Å². The summed E-state index contributed by atoms with van der Waals surface area (Å²) >= 11 is 0. The Bertz CT molecular complexity index is 348. The van der Waals surface area contributed by atoms with Crippen molar-refractivity contribution in [3.8, 4) is 0 Å². The fourth-order valence-electron chi connectivity index (χ4n) is 1.17. The van der Waals surface area contributed by atoms with Gasteiger partial charge in [-0.15, -0.1) is 0 Å². The molecule has 0 N–H and O–H groups in total. The molecule has 0 radical (unpaired) electrons. The number of aryl methyl sites for hydroxylation is 1. The quantitative estimate of drug-likeness (QED) is 0.489. The minimum Gasteiger partial charge on any atom is -0.272 e. The highest BCUT2D eigenvalue weighted by Crippen LogP contribution is 2.16. The molecule has 0 aliphatic rings. The van der Waals surface area contributed by atoms with Crippen molar-refractivity contribution < 1.29 is 0 Å². The molecule has 1 aromatic rings. The topological polar surface area (TPSA) is 12.4 Å². The van der Waals surface area contributed by atoms with Crippen LogP contribution in [0.25, 0.3) is 5.57 Å². The zero-order valence-electron chi connectivity index (χ0n) is 7.83. The van der Waals surface area contributed by atoms with Gasteiger partial charge in [0.25, 0.3) is 0 Å². The number of hydrogen-bond donors (Lipinski definition) is 0. The highest BCUT2D eigenvalue weighted by Gasteiger charge is 1.95. The van der Waals surface area contributed by atoms with Crippen LogP contribution in [0.1, 0.15) is 11.1 Å². The van der Waals surface area contributed by atoms with Gasteiger partial charge >= 0.3 is 0 Å². The van der Waals surface area contributed by atoms with Crippen LogP contribution in [0.5, 0.6) is 0 Å². The van der Waals surface area contributed by atoms with Gasteiger partial charge in [-0.3, -0.25) is 4.99 Å². The van der Waals surface area contributed by atoms with Crippen LogP contribution in [0, 0.1) is 6.92 Å². The largest absolute Gasteiger partial charge is 0.272 e. The van der Waals surface area contributed by atoms with Crippen molar-refractivity contribution in [2.75, 3.05) is 0 Å². The summed E-state index contributed by atoms with van der Waals surface area (Å²) in [7, 11) is 0. The first-order valence-electron chi connectivity index (χ1n) is 4.13. The molecule has 1 heteroatoms. The molecule has 0 aromatic heterocycles. The van der Waals surface area contributed by atoms with Crippen LogP contribution in [0.15, 0.2) is 48.1 Å². The summed E-state index contributed by atoms with van der Waals surface area (Å²) in [4.78, 5) is 3.73. The van der Waals surface area contributed by atoms with Crippen LogP contribution < -0.4 is 0 Å². The van der Waals surface area contributed by atoms with E-state index in [2.05, 4.69) is 37.3 Å². The summed E-state index contributed by atoms with van der Waals surface area (Å²) in [5, 5.41) is 0. The predicted molar refractivity (Wildman–Crippen MR) is 58.9 cm³/mol. The molecule has 0 saturated carbocycles. The zero-order chi connectivity index (χ0) is 9.68. The van der Waals surface area contributed by atoms with Gasteiger partial charge in [-0.25, -0.2) is 0 Å². The van der Waals surface area contributed by atoms with E-state index in [1.807, 2.05) is 12.1 Å². The highest BCUT2D eigenvalue weighted by atomic mass is 14.6. The van der Waals surface area contributed by atoms with Gasteiger partial charge < -0.3 is 0 Å². The van der Waals surface area contributed by atoms with Gasteiger partial charge in [0.05, 0.1) is 0 Å². The molecule has 0 amide bonds. The normalized spacial score (nSPS) is 11.0. The van der Waals surface area contributed by atoms with E-state index in [4.69, 9.17) is 0 Å². The lowest BCUT2D eigenvalue weighted by molar-refractivity contribution is 1.44. The van der Waals surface area contributed by atoms with Crippen molar-refractivity contribution >= 4 is 12.3 Å². The Morgan fingerprint density at radius 3 is 2.77 bits per heavy atom. The molecule has 0 atom stereocenters. The monoisotopic (exact) mass is 171 g/mol. The number of allylic oxidation sites excluding steroid dienone is 2. The maximum Gasteiger partial charge on any atom is 0.0338 e. The van der Waals surface area contributed by atoms with E-state index in [1.54, 1.807) is 12.3 Å². The average Bonchev–Trinajstić information content (AvgIpc) is 2.14. The predicted octanol–water partition coefficient (Wildman–Crippen LogP) is 3.22. The van der Waals surface area contributed by atoms with Crippen LogP contribution in [0.2, 0.25) is 0 Å². The Kier molecular flexibility index (Phi) is 3.21. The lowest BCUT2D eigenvalue weighted by Gasteiger charge is -2.01. The van der Waals surface area contributed by atoms with Crippen molar-refractivity contribution in [2.24, 2.45) is 4.99 Å². The van der Waals surface area contributed by atoms with Crippen molar-refractivity contribution in [3.05, 3.63) is 54.2 Å². The molecule has 0 aliphatic carbocycles. The molecule has 0 aliphatic heterocycles. The van der Waals surface area contributed by atoms with E-state index < -0.39 is 0 Å². The Morgan fingerprint density at radius 2 is 2.23 bits per heavy atom. The van der Waals surface area contributed by atoms with E-state index in [0.29, 0.717) is 0 Å². The third-order valence-electron chi connectivity index (χ3n) is 1.80. The molecule has 66 valence electrons. The van der Waals surface area contributed by atoms with E-state index in [1.165, 1.54) is 5.56 Å². The first kappa shape index (κ1) is 9.46. The fourth-order valence-corrected chi connectivity index (χ4v) is 1.17. The van der Waals surface area contributed by atoms with Crippen molar-refractivity contribution in [2.45, 2.75) is 6.92 Å². The van der Waals surface area contributed by atoms with E-state index >= 15 is 0 Å². The molecular weight excluding hydrogens is 158 g/mol. The summed E-state index contributed by atoms with van der Waals surface area (Å²) in [5.41, 5.74) is 3.36. The number of aliphatic imine (C=N–C) groups is 1. The Hall–Kier alpha value is -1.63. The van der Waals surface area contributed by atoms with Crippen LogP contribution in [-0.2, 0) is 0 Å². The van der Waals surface area contributed by atoms with Gasteiger partial charge in [0.15, 0.2) is 0 Å². The Labute approximate surface area is 79.1 Å². The highest BCUT2D eigenvalue weighted by molar-refractivity contribution is 5.73. The first-order valence-corrected chi connectivity index (χ1v) is 4.13. The molecule has 1 rings (SSSR count). The molecule has 1 aromatic carbocycles. The molecular formula is C12H13N. The second-order valence-electron chi connectivity index (χ2n) is 2.84. The number of nitrogens with zero attached hydrogens (tertiary/aromatic N) is 1. The smallest absolute Gasteiger partial charge is 0.0338 e. The standard InChI is InChI=1S/C12H13N/c1-4-11(9-13-3)12-7-5-6-10(2)8-12/h4-9H,1,3H2,2H3/b11-9+. The Morgan fingerprint density at radius 1 is 1.46 bits per heavy atom. The van der Waals surface area contributed by atoms with E-state index in [9.17, 15) is 0 Å². The first-order chi connectivity index (χ1) is 6.27. The molecule has 0 saturated heterocycles. The zero-order valence-corrected chi connectivity index (χ0v) is 7.83. The minimum absolute atomic E-state index is 0.999. The molecule has 0 heterocycles. The van der Waals surface area contributed by atoms with Gasteiger partial charge in [0.2, 0.25) is 0 Å². The van der Waals surface area contributed by atoms with Gasteiger partial charge in [0, 0.05) is 6.20 Å². The summed E-state index contributed by atoms with van der Waals surface area (Å²) in [6.45, 7) is 9.21. The average molecular weight is 171 g/mol. The maximum atomic E-state index is 3.73. The van der Waals surface area contributed by atoms with Gasteiger partial charge in [0.1, 0.15) is 0 Å². The second kappa shape index (κ2) is 4.41. The third kappa shape index (κ3) is 2.41. The summed E-state index contributed by atoms with van der Waals surface area (Å²) in [6, 6.07) is 8.21. The summed E-state index contributed by atoms with van der Waals surface area (Å²) in [6.07, 6.45) is 3.49. The molecule has 0 bridgehead atoms. The van der Waals surface area contributed by atoms with E-state index in [0.717, 1.165) is 11.1 Å². The fraction of sp³-hybridized carbons (Fsp3) is 0.0833. The molecule has 0 unspecified atom stereocenters. The SMILES string of the molecule is C=C/C(=C\N=C)c1cccc(C)c1. The molecule has 1 nitrogen and oxygen atoms in total. The molecule has 0 spiro atoms. The number of rotatable bonds is 3.